The molecular weight excluding hydrogens is 400 g/mol. The van der Waals surface area contributed by atoms with Crippen molar-refractivity contribution in [3.63, 3.8) is 0 Å². The van der Waals surface area contributed by atoms with Gasteiger partial charge in [-0.05, 0) is 44.8 Å². The SMILES string of the molecule is O=C(NCCOCc1ccc2ccccc2c1)NCCOCc1ccc2ccccc2c1. The minimum absolute atomic E-state index is 0.214. The summed E-state index contributed by atoms with van der Waals surface area (Å²) in [6.45, 7) is 2.87. The zero-order valence-corrected chi connectivity index (χ0v) is 18.1. The van der Waals surface area contributed by atoms with E-state index in [0.29, 0.717) is 39.5 Å². The van der Waals surface area contributed by atoms with Gasteiger partial charge in [-0.15, -0.1) is 0 Å². The van der Waals surface area contributed by atoms with E-state index in [1.807, 2.05) is 24.3 Å². The molecule has 0 aliphatic heterocycles. The van der Waals surface area contributed by atoms with Crippen molar-refractivity contribution in [1.29, 1.82) is 0 Å². The number of rotatable bonds is 10. The Kier molecular flexibility index (Phi) is 7.69. The molecule has 2 N–H and O–H groups in total. The predicted molar refractivity (Wildman–Crippen MR) is 129 cm³/mol. The van der Waals surface area contributed by atoms with Gasteiger partial charge < -0.3 is 20.1 Å². The van der Waals surface area contributed by atoms with Gasteiger partial charge in [0.05, 0.1) is 26.4 Å². The molecule has 0 saturated heterocycles. The monoisotopic (exact) mass is 428 g/mol. The Bertz CT molecular complexity index is 1080. The number of fused-ring (bicyclic) bond motifs is 2. The number of ether oxygens (including phenoxy) is 2. The Balaban J connectivity index is 1.06. The Hall–Kier alpha value is -3.41. The minimum atomic E-state index is -0.214. The molecule has 0 aliphatic carbocycles. The number of amides is 2. The van der Waals surface area contributed by atoms with Gasteiger partial charge in [0.1, 0.15) is 0 Å². The highest BCUT2D eigenvalue weighted by Crippen LogP contribution is 2.17. The smallest absolute Gasteiger partial charge is 0.314 e. The second-order valence-electron chi connectivity index (χ2n) is 7.65. The lowest BCUT2D eigenvalue weighted by Gasteiger charge is -2.09. The normalized spacial score (nSPS) is 11.0. The molecule has 0 aromatic heterocycles. The molecule has 4 aromatic carbocycles. The quantitative estimate of drug-likeness (QED) is 0.349. The molecular formula is C27H28N2O3. The molecule has 164 valence electrons. The molecule has 0 heterocycles. The number of hydrogen-bond donors (Lipinski definition) is 2. The molecule has 0 aliphatic rings. The second kappa shape index (κ2) is 11.3. The van der Waals surface area contributed by atoms with Crippen LogP contribution in [0.2, 0.25) is 0 Å². The van der Waals surface area contributed by atoms with Crippen molar-refractivity contribution in [1.82, 2.24) is 10.6 Å². The number of urea groups is 1. The van der Waals surface area contributed by atoms with Crippen molar-refractivity contribution in [2.24, 2.45) is 0 Å². The van der Waals surface area contributed by atoms with Crippen LogP contribution < -0.4 is 10.6 Å². The maximum Gasteiger partial charge on any atom is 0.314 e. The number of carbonyl (C=O) groups excluding carboxylic acids is 1. The van der Waals surface area contributed by atoms with E-state index in [0.717, 1.165) is 11.1 Å². The molecule has 2 amide bonds. The van der Waals surface area contributed by atoms with Crippen molar-refractivity contribution in [2.45, 2.75) is 13.2 Å². The molecule has 0 bridgehead atoms. The first-order valence-corrected chi connectivity index (χ1v) is 10.9. The third kappa shape index (κ3) is 6.30. The van der Waals surface area contributed by atoms with Gasteiger partial charge >= 0.3 is 6.03 Å². The van der Waals surface area contributed by atoms with E-state index in [4.69, 9.17) is 9.47 Å². The summed E-state index contributed by atoms with van der Waals surface area (Å²) in [6, 6.07) is 28.9. The van der Waals surface area contributed by atoms with Gasteiger partial charge in [-0.25, -0.2) is 4.79 Å². The molecule has 0 fully saturated rings. The first kappa shape index (κ1) is 21.8. The standard InChI is InChI=1S/C27H28N2O3/c30-27(28-13-15-31-19-21-9-11-23-5-1-3-7-25(23)17-21)29-14-16-32-20-22-10-12-24-6-2-4-8-26(24)18-22/h1-12,17-18H,13-16,19-20H2,(H2,28,29,30). The van der Waals surface area contributed by atoms with Gasteiger partial charge in [0.2, 0.25) is 0 Å². The second-order valence-corrected chi connectivity index (χ2v) is 7.65. The maximum absolute atomic E-state index is 11.9. The van der Waals surface area contributed by atoms with E-state index in [1.165, 1.54) is 21.5 Å². The lowest BCUT2D eigenvalue weighted by molar-refractivity contribution is 0.120. The first-order chi connectivity index (χ1) is 15.8. The molecule has 4 rings (SSSR count). The lowest BCUT2D eigenvalue weighted by atomic mass is 10.1. The Labute approximate surface area is 188 Å². The molecule has 32 heavy (non-hydrogen) atoms. The van der Waals surface area contributed by atoms with E-state index >= 15 is 0 Å². The summed E-state index contributed by atoms with van der Waals surface area (Å²) < 4.78 is 11.3. The van der Waals surface area contributed by atoms with Crippen LogP contribution in [0.25, 0.3) is 21.5 Å². The van der Waals surface area contributed by atoms with Gasteiger partial charge in [0, 0.05) is 13.1 Å². The van der Waals surface area contributed by atoms with Crippen molar-refractivity contribution < 1.29 is 14.3 Å². The summed E-state index contributed by atoms with van der Waals surface area (Å²) in [6.07, 6.45) is 0. The molecule has 5 heteroatoms. The highest BCUT2D eigenvalue weighted by molar-refractivity contribution is 5.83. The van der Waals surface area contributed by atoms with E-state index in [-0.39, 0.29) is 6.03 Å². The van der Waals surface area contributed by atoms with Crippen LogP contribution in [0.15, 0.2) is 84.9 Å². The molecule has 0 spiro atoms. The van der Waals surface area contributed by atoms with Gasteiger partial charge in [-0.2, -0.15) is 0 Å². The van der Waals surface area contributed by atoms with Crippen LogP contribution in [0.3, 0.4) is 0 Å². The largest absolute Gasteiger partial charge is 0.375 e. The molecule has 4 aromatic rings. The van der Waals surface area contributed by atoms with Crippen LogP contribution in [0.5, 0.6) is 0 Å². The Morgan fingerprint density at radius 2 is 1.03 bits per heavy atom. The lowest BCUT2D eigenvalue weighted by Crippen LogP contribution is -2.38. The Morgan fingerprint density at radius 1 is 0.594 bits per heavy atom. The first-order valence-electron chi connectivity index (χ1n) is 10.9. The van der Waals surface area contributed by atoms with Crippen molar-refractivity contribution in [2.75, 3.05) is 26.3 Å². The van der Waals surface area contributed by atoms with E-state index in [9.17, 15) is 4.79 Å². The molecule has 0 radical (unpaired) electrons. The van der Waals surface area contributed by atoms with Crippen LogP contribution in [-0.4, -0.2) is 32.3 Å². The number of benzene rings is 4. The van der Waals surface area contributed by atoms with Crippen LogP contribution >= 0.6 is 0 Å². The average Bonchev–Trinajstić information content (AvgIpc) is 2.83. The molecule has 5 nitrogen and oxygen atoms in total. The highest BCUT2D eigenvalue weighted by Gasteiger charge is 2.01. The summed E-state index contributed by atoms with van der Waals surface area (Å²) in [7, 11) is 0. The molecule has 0 atom stereocenters. The van der Waals surface area contributed by atoms with Crippen LogP contribution in [0, 0.1) is 0 Å². The fraction of sp³-hybridized carbons (Fsp3) is 0.222. The third-order valence-electron chi connectivity index (χ3n) is 5.23. The van der Waals surface area contributed by atoms with Gasteiger partial charge in [-0.3, -0.25) is 0 Å². The fourth-order valence-electron chi connectivity index (χ4n) is 3.57. The highest BCUT2D eigenvalue weighted by atomic mass is 16.5. The maximum atomic E-state index is 11.9. The van der Waals surface area contributed by atoms with Gasteiger partial charge in [-0.1, -0.05) is 72.8 Å². The van der Waals surface area contributed by atoms with Crippen LogP contribution in [0.4, 0.5) is 4.79 Å². The molecule has 0 saturated carbocycles. The summed E-state index contributed by atoms with van der Waals surface area (Å²) in [4.78, 5) is 11.9. The Morgan fingerprint density at radius 3 is 1.50 bits per heavy atom. The summed E-state index contributed by atoms with van der Waals surface area (Å²) in [5.74, 6) is 0. The minimum Gasteiger partial charge on any atom is -0.375 e. The van der Waals surface area contributed by atoms with Crippen molar-refractivity contribution in [3.05, 3.63) is 96.1 Å². The summed E-state index contributed by atoms with van der Waals surface area (Å²) >= 11 is 0. The zero-order valence-electron chi connectivity index (χ0n) is 18.1. The topological polar surface area (TPSA) is 59.6 Å². The number of carbonyl (C=O) groups is 1. The van der Waals surface area contributed by atoms with E-state index in [2.05, 4.69) is 71.3 Å². The number of nitrogens with one attached hydrogen (secondary N) is 2. The molecule has 0 unspecified atom stereocenters. The fourth-order valence-corrected chi connectivity index (χ4v) is 3.57. The number of hydrogen-bond acceptors (Lipinski definition) is 3. The summed E-state index contributed by atoms with van der Waals surface area (Å²) in [5, 5.41) is 10.4. The van der Waals surface area contributed by atoms with E-state index in [1.54, 1.807) is 0 Å². The van der Waals surface area contributed by atoms with Crippen molar-refractivity contribution in [3.8, 4) is 0 Å². The predicted octanol–water partition coefficient (Wildman–Crippen LogP) is 5.03. The van der Waals surface area contributed by atoms with Gasteiger partial charge in [0.25, 0.3) is 0 Å². The third-order valence-corrected chi connectivity index (χ3v) is 5.23. The van der Waals surface area contributed by atoms with Crippen LogP contribution in [0.1, 0.15) is 11.1 Å². The van der Waals surface area contributed by atoms with Crippen LogP contribution in [-0.2, 0) is 22.7 Å². The average molecular weight is 429 g/mol. The summed E-state index contributed by atoms with van der Waals surface area (Å²) in [5.41, 5.74) is 2.24. The van der Waals surface area contributed by atoms with Crippen molar-refractivity contribution >= 4 is 27.6 Å². The van der Waals surface area contributed by atoms with Gasteiger partial charge in [0.15, 0.2) is 0 Å². The van der Waals surface area contributed by atoms with E-state index < -0.39 is 0 Å². The zero-order chi connectivity index (χ0) is 22.0.